The minimum Gasteiger partial charge on any atom is -0.508 e. The SMILES string of the molecule is CC(C)C1CCCC(NCCc2ccc(O)cc2)C1. The van der Waals surface area contributed by atoms with Crippen molar-refractivity contribution in [3.63, 3.8) is 0 Å². The van der Waals surface area contributed by atoms with E-state index in [4.69, 9.17) is 0 Å². The van der Waals surface area contributed by atoms with Gasteiger partial charge in [0, 0.05) is 6.04 Å². The summed E-state index contributed by atoms with van der Waals surface area (Å²) in [7, 11) is 0. The van der Waals surface area contributed by atoms with Crippen molar-refractivity contribution in [1.29, 1.82) is 0 Å². The highest BCUT2D eigenvalue weighted by Crippen LogP contribution is 2.29. The number of phenolic OH excluding ortho intramolecular Hbond substituents is 1. The molecule has 1 aliphatic carbocycles. The molecule has 0 radical (unpaired) electrons. The molecule has 0 saturated heterocycles. The zero-order valence-electron chi connectivity index (χ0n) is 12.2. The Morgan fingerprint density at radius 2 is 1.95 bits per heavy atom. The molecule has 2 atom stereocenters. The number of rotatable bonds is 5. The first kappa shape index (κ1) is 14.4. The molecule has 1 aromatic carbocycles. The van der Waals surface area contributed by atoms with Crippen molar-refractivity contribution in [3.05, 3.63) is 29.8 Å². The van der Waals surface area contributed by atoms with E-state index < -0.39 is 0 Å². The second-order valence-corrected chi connectivity index (χ2v) is 6.24. The largest absolute Gasteiger partial charge is 0.508 e. The molecule has 1 fully saturated rings. The van der Waals surface area contributed by atoms with Crippen LogP contribution in [0, 0.1) is 11.8 Å². The third-order valence-corrected chi connectivity index (χ3v) is 4.44. The fraction of sp³-hybridized carbons (Fsp3) is 0.647. The second kappa shape index (κ2) is 6.95. The Hall–Kier alpha value is -1.02. The lowest BCUT2D eigenvalue weighted by atomic mass is 9.79. The lowest BCUT2D eigenvalue weighted by Crippen LogP contribution is -2.36. The standard InChI is InChI=1S/C17H27NO/c1-13(2)15-4-3-5-16(12-15)18-11-10-14-6-8-17(19)9-7-14/h6-9,13,15-16,18-19H,3-5,10-12H2,1-2H3. The number of nitrogens with one attached hydrogen (secondary N) is 1. The highest BCUT2D eigenvalue weighted by Gasteiger charge is 2.23. The highest BCUT2D eigenvalue weighted by atomic mass is 16.3. The van der Waals surface area contributed by atoms with Gasteiger partial charge in [0.05, 0.1) is 0 Å². The van der Waals surface area contributed by atoms with Gasteiger partial charge in [0.1, 0.15) is 5.75 Å². The van der Waals surface area contributed by atoms with Crippen LogP contribution in [0.15, 0.2) is 24.3 Å². The van der Waals surface area contributed by atoms with Gasteiger partial charge in [0.25, 0.3) is 0 Å². The molecule has 1 aromatic rings. The molecule has 2 rings (SSSR count). The van der Waals surface area contributed by atoms with Gasteiger partial charge in [-0.3, -0.25) is 0 Å². The van der Waals surface area contributed by atoms with Crippen LogP contribution in [-0.4, -0.2) is 17.7 Å². The van der Waals surface area contributed by atoms with Gasteiger partial charge in [0.2, 0.25) is 0 Å². The molecule has 0 aromatic heterocycles. The van der Waals surface area contributed by atoms with Crippen LogP contribution in [0.4, 0.5) is 0 Å². The summed E-state index contributed by atoms with van der Waals surface area (Å²) in [5.41, 5.74) is 1.29. The van der Waals surface area contributed by atoms with E-state index >= 15 is 0 Å². The molecule has 2 unspecified atom stereocenters. The maximum absolute atomic E-state index is 9.25. The van der Waals surface area contributed by atoms with Gasteiger partial charge in [-0.05, 0) is 55.3 Å². The van der Waals surface area contributed by atoms with Gasteiger partial charge < -0.3 is 10.4 Å². The molecule has 1 saturated carbocycles. The van der Waals surface area contributed by atoms with Gasteiger partial charge in [0.15, 0.2) is 0 Å². The molecule has 19 heavy (non-hydrogen) atoms. The predicted molar refractivity (Wildman–Crippen MR) is 80.4 cm³/mol. The predicted octanol–water partition coefficient (Wildman–Crippen LogP) is 3.74. The Kier molecular flexibility index (Phi) is 5.26. The van der Waals surface area contributed by atoms with Crippen molar-refractivity contribution in [2.75, 3.05) is 6.54 Å². The van der Waals surface area contributed by atoms with Crippen molar-refractivity contribution in [3.8, 4) is 5.75 Å². The van der Waals surface area contributed by atoms with E-state index in [2.05, 4.69) is 19.2 Å². The normalized spacial score (nSPS) is 23.7. The first-order valence-electron chi connectivity index (χ1n) is 7.66. The second-order valence-electron chi connectivity index (χ2n) is 6.24. The van der Waals surface area contributed by atoms with E-state index in [1.165, 1.54) is 31.2 Å². The van der Waals surface area contributed by atoms with Crippen molar-refractivity contribution in [2.45, 2.75) is 52.0 Å². The monoisotopic (exact) mass is 261 g/mol. The summed E-state index contributed by atoms with van der Waals surface area (Å²) in [4.78, 5) is 0. The van der Waals surface area contributed by atoms with Gasteiger partial charge >= 0.3 is 0 Å². The van der Waals surface area contributed by atoms with E-state index in [9.17, 15) is 5.11 Å². The van der Waals surface area contributed by atoms with E-state index in [0.29, 0.717) is 11.8 Å². The zero-order chi connectivity index (χ0) is 13.7. The Labute approximate surface area is 117 Å². The Morgan fingerprint density at radius 3 is 2.63 bits per heavy atom. The summed E-state index contributed by atoms with van der Waals surface area (Å²) in [6.45, 7) is 5.74. The fourth-order valence-corrected chi connectivity index (χ4v) is 3.10. The molecule has 106 valence electrons. The minimum absolute atomic E-state index is 0.351. The smallest absolute Gasteiger partial charge is 0.115 e. The summed E-state index contributed by atoms with van der Waals surface area (Å²) in [6.07, 6.45) is 6.50. The van der Waals surface area contributed by atoms with Gasteiger partial charge in [-0.1, -0.05) is 38.8 Å². The van der Waals surface area contributed by atoms with Crippen LogP contribution in [0.1, 0.15) is 45.1 Å². The summed E-state index contributed by atoms with van der Waals surface area (Å²) in [5, 5.41) is 13.0. The average molecular weight is 261 g/mol. The summed E-state index contributed by atoms with van der Waals surface area (Å²) < 4.78 is 0. The molecular weight excluding hydrogens is 234 g/mol. The summed E-state index contributed by atoms with van der Waals surface area (Å²) >= 11 is 0. The molecule has 2 N–H and O–H groups in total. The lowest BCUT2D eigenvalue weighted by molar-refractivity contribution is 0.232. The molecule has 0 aliphatic heterocycles. The number of aromatic hydroxyl groups is 1. The number of hydrogen-bond donors (Lipinski definition) is 2. The average Bonchev–Trinajstić information content (AvgIpc) is 2.41. The highest BCUT2D eigenvalue weighted by molar-refractivity contribution is 5.25. The van der Waals surface area contributed by atoms with E-state index in [1.807, 2.05) is 12.1 Å². The topological polar surface area (TPSA) is 32.3 Å². The quantitative estimate of drug-likeness (QED) is 0.846. The molecule has 0 amide bonds. The molecule has 0 bridgehead atoms. The summed E-state index contributed by atoms with van der Waals surface area (Å²) in [6, 6.07) is 8.26. The molecule has 2 nitrogen and oxygen atoms in total. The number of benzene rings is 1. The number of phenols is 1. The minimum atomic E-state index is 0.351. The van der Waals surface area contributed by atoms with Crippen LogP contribution >= 0.6 is 0 Å². The Bertz CT molecular complexity index is 371. The van der Waals surface area contributed by atoms with Crippen LogP contribution in [0.2, 0.25) is 0 Å². The maximum atomic E-state index is 9.25. The van der Waals surface area contributed by atoms with Crippen molar-refractivity contribution in [1.82, 2.24) is 5.32 Å². The van der Waals surface area contributed by atoms with Crippen LogP contribution in [0.25, 0.3) is 0 Å². The van der Waals surface area contributed by atoms with Gasteiger partial charge in [-0.25, -0.2) is 0 Å². The van der Waals surface area contributed by atoms with Crippen LogP contribution in [0.5, 0.6) is 5.75 Å². The van der Waals surface area contributed by atoms with E-state index in [0.717, 1.165) is 24.8 Å². The van der Waals surface area contributed by atoms with Crippen molar-refractivity contribution >= 4 is 0 Å². The Balaban J connectivity index is 1.72. The molecule has 0 spiro atoms. The third-order valence-electron chi connectivity index (χ3n) is 4.44. The summed E-state index contributed by atoms with van der Waals surface area (Å²) in [5.74, 6) is 2.07. The molecule has 1 aliphatic rings. The third kappa shape index (κ3) is 4.54. The molecule has 0 heterocycles. The van der Waals surface area contributed by atoms with Crippen LogP contribution in [0.3, 0.4) is 0 Å². The van der Waals surface area contributed by atoms with E-state index in [-0.39, 0.29) is 0 Å². The Morgan fingerprint density at radius 1 is 1.21 bits per heavy atom. The van der Waals surface area contributed by atoms with Crippen molar-refractivity contribution in [2.24, 2.45) is 11.8 Å². The van der Waals surface area contributed by atoms with E-state index in [1.54, 1.807) is 12.1 Å². The van der Waals surface area contributed by atoms with Gasteiger partial charge in [-0.15, -0.1) is 0 Å². The van der Waals surface area contributed by atoms with Crippen LogP contribution < -0.4 is 5.32 Å². The molecular formula is C17H27NO. The lowest BCUT2D eigenvalue weighted by Gasteiger charge is -2.32. The number of hydrogen-bond acceptors (Lipinski definition) is 2. The van der Waals surface area contributed by atoms with Crippen LogP contribution in [-0.2, 0) is 6.42 Å². The first-order chi connectivity index (χ1) is 9.15. The zero-order valence-corrected chi connectivity index (χ0v) is 12.2. The first-order valence-corrected chi connectivity index (χ1v) is 7.66. The molecule has 2 heteroatoms. The van der Waals surface area contributed by atoms with Gasteiger partial charge in [-0.2, -0.15) is 0 Å². The fourth-order valence-electron chi connectivity index (χ4n) is 3.10. The maximum Gasteiger partial charge on any atom is 0.115 e. The van der Waals surface area contributed by atoms with Crippen molar-refractivity contribution < 1.29 is 5.11 Å².